The quantitative estimate of drug-likeness (QED) is 0.749. The average Bonchev–Trinajstić information content (AvgIpc) is 2.08. The van der Waals surface area contributed by atoms with E-state index in [0.29, 0.717) is 12.0 Å². The van der Waals surface area contributed by atoms with Crippen molar-refractivity contribution < 1.29 is 9.90 Å². The van der Waals surface area contributed by atoms with Crippen LogP contribution in [0.2, 0.25) is 0 Å². The summed E-state index contributed by atoms with van der Waals surface area (Å²) in [5.41, 5.74) is 0. The molecule has 0 spiro atoms. The third-order valence-electron chi connectivity index (χ3n) is 2.81. The summed E-state index contributed by atoms with van der Waals surface area (Å²) in [6.07, 6.45) is 0. The van der Waals surface area contributed by atoms with Gasteiger partial charge in [0.1, 0.15) is 0 Å². The summed E-state index contributed by atoms with van der Waals surface area (Å²) in [4.78, 5) is 15.0. The SMILES string of the molecule is CC(C)CN1CCN(CC(=O)O)C[C@H]1C. The van der Waals surface area contributed by atoms with E-state index in [1.807, 2.05) is 4.90 Å². The third-order valence-corrected chi connectivity index (χ3v) is 2.81. The summed E-state index contributed by atoms with van der Waals surface area (Å²) >= 11 is 0. The number of hydrogen-bond acceptors (Lipinski definition) is 3. The lowest BCUT2D eigenvalue weighted by atomic mass is 10.1. The van der Waals surface area contributed by atoms with Gasteiger partial charge < -0.3 is 5.11 Å². The Kier molecular flexibility index (Phi) is 4.54. The fraction of sp³-hybridized carbons (Fsp3) is 0.909. The van der Waals surface area contributed by atoms with Gasteiger partial charge in [0.25, 0.3) is 0 Å². The molecule has 0 aromatic rings. The van der Waals surface area contributed by atoms with Crippen molar-refractivity contribution in [2.24, 2.45) is 5.92 Å². The minimum atomic E-state index is -0.723. The summed E-state index contributed by atoms with van der Waals surface area (Å²) in [5, 5.41) is 8.71. The van der Waals surface area contributed by atoms with Gasteiger partial charge in [-0.05, 0) is 12.8 Å². The minimum absolute atomic E-state index is 0.180. The number of hydrogen-bond donors (Lipinski definition) is 1. The van der Waals surface area contributed by atoms with E-state index < -0.39 is 5.97 Å². The molecule has 4 heteroatoms. The molecule has 0 aromatic carbocycles. The second-order valence-corrected chi connectivity index (χ2v) is 4.87. The van der Waals surface area contributed by atoms with Crippen molar-refractivity contribution in [2.45, 2.75) is 26.8 Å². The number of piperazine rings is 1. The van der Waals surface area contributed by atoms with Crippen LogP contribution in [0.15, 0.2) is 0 Å². The van der Waals surface area contributed by atoms with Crippen LogP contribution in [0.4, 0.5) is 0 Å². The molecule has 1 aliphatic heterocycles. The van der Waals surface area contributed by atoms with Gasteiger partial charge >= 0.3 is 5.97 Å². The Labute approximate surface area is 91.9 Å². The molecule has 1 atom stereocenters. The molecule has 0 saturated carbocycles. The Balaban J connectivity index is 2.37. The Morgan fingerprint density at radius 3 is 2.60 bits per heavy atom. The number of carboxylic acids is 1. The molecule has 1 N–H and O–H groups in total. The van der Waals surface area contributed by atoms with Crippen LogP contribution in [0, 0.1) is 5.92 Å². The fourth-order valence-corrected chi connectivity index (χ4v) is 2.15. The van der Waals surface area contributed by atoms with Crippen LogP contribution >= 0.6 is 0 Å². The molecule has 0 radical (unpaired) electrons. The van der Waals surface area contributed by atoms with Crippen LogP contribution in [0.1, 0.15) is 20.8 Å². The van der Waals surface area contributed by atoms with Crippen LogP contribution in [-0.2, 0) is 4.79 Å². The average molecular weight is 214 g/mol. The summed E-state index contributed by atoms with van der Waals surface area (Å²) in [7, 11) is 0. The zero-order chi connectivity index (χ0) is 11.4. The Bertz CT molecular complexity index is 219. The summed E-state index contributed by atoms with van der Waals surface area (Å²) < 4.78 is 0. The highest BCUT2D eigenvalue weighted by Gasteiger charge is 2.24. The first-order chi connectivity index (χ1) is 6.99. The van der Waals surface area contributed by atoms with Crippen molar-refractivity contribution in [2.75, 3.05) is 32.7 Å². The molecule has 1 fully saturated rings. The molecule has 0 amide bonds. The summed E-state index contributed by atoms with van der Waals surface area (Å²) in [5.74, 6) is -0.0435. The van der Waals surface area contributed by atoms with Gasteiger partial charge in [0.05, 0.1) is 6.54 Å². The van der Waals surface area contributed by atoms with Crippen LogP contribution in [-0.4, -0.2) is 59.6 Å². The first-order valence-electron chi connectivity index (χ1n) is 5.67. The highest BCUT2D eigenvalue weighted by molar-refractivity contribution is 5.69. The van der Waals surface area contributed by atoms with Gasteiger partial charge in [0.2, 0.25) is 0 Å². The van der Waals surface area contributed by atoms with Crippen molar-refractivity contribution in [1.82, 2.24) is 9.80 Å². The van der Waals surface area contributed by atoms with E-state index in [0.717, 1.165) is 26.2 Å². The number of nitrogens with zero attached hydrogens (tertiary/aromatic N) is 2. The van der Waals surface area contributed by atoms with Gasteiger partial charge in [-0.1, -0.05) is 13.8 Å². The van der Waals surface area contributed by atoms with Crippen LogP contribution in [0.3, 0.4) is 0 Å². The molecule has 4 nitrogen and oxygen atoms in total. The molecule has 1 rings (SSSR count). The van der Waals surface area contributed by atoms with Crippen LogP contribution in [0.5, 0.6) is 0 Å². The van der Waals surface area contributed by atoms with Gasteiger partial charge in [-0.2, -0.15) is 0 Å². The molecule has 15 heavy (non-hydrogen) atoms. The molecule has 0 aliphatic carbocycles. The predicted octanol–water partition coefficient (Wildman–Crippen LogP) is 0.733. The largest absolute Gasteiger partial charge is 0.480 e. The summed E-state index contributed by atoms with van der Waals surface area (Å²) in [6, 6.07) is 0.473. The van der Waals surface area contributed by atoms with Crippen molar-refractivity contribution in [3.8, 4) is 0 Å². The van der Waals surface area contributed by atoms with Gasteiger partial charge in [0.15, 0.2) is 0 Å². The van der Waals surface area contributed by atoms with Gasteiger partial charge in [-0.25, -0.2) is 0 Å². The monoisotopic (exact) mass is 214 g/mol. The molecule has 0 aromatic heterocycles. The fourth-order valence-electron chi connectivity index (χ4n) is 2.15. The van der Waals surface area contributed by atoms with E-state index in [4.69, 9.17) is 5.11 Å². The van der Waals surface area contributed by atoms with Crippen molar-refractivity contribution in [1.29, 1.82) is 0 Å². The number of carboxylic acid groups (broad SMARTS) is 1. The van der Waals surface area contributed by atoms with Crippen molar-refractivity contribution in [3.63, 3.8) is 0 Å². The molecule has 88 valence electrons. The Morgan fingerprint density at radius 2 is 2.13 bits per heavy atom. The van der Waals surface area contributed by atoms with E-state index in [9.17, 15) is 4.79 Å². The molecule has 1 aliphatic rings. The van der Waals surface area contributed by atoms with E-state index >= 15 is 0 Å². The van der Waals surface area contributed by atoms with E-state index in [2.05, 4.69) is 25.7 Å². The lowest BCUT2D eigenvalue weighted by Gasteiger charge is -2.40. The van der Waals surface area contributed by atoms with E-state index in [1.54, 1.807) is 0 Å². The lowest BCUT2D eigenvalue weighted by molar-refractivity contribution is -0.139. The molecule has 1 saturated heterocycles. The molecular weight excluding hydrogens is 192 g/mol. The minimum Gasteiger partial charge on any atom is -0.480 e. The Hall–Kier alpha value is -0.610. The summed E-state index contributed by atoms with van der Waals surface area (Å²) in [6.45, 7) is 10.7. The Morgan fingerprint density at radius 1 is 1.47 bits per heavy atom. The van der Waals surface area contributed by atoms with E-state index in [1.165, 1.54) is 0 Å². The van der Waals surface area contributed by atoms with Crippen molar-refractivity contribution in [3.05, 3.63) is 0 Å². The van der Waals surface area contributed by atoms with Crippen LogP contribution < -0.4 is 0 Å². The second kappa shape index (κ2) is 5.47. The maximum absolute atomic E-state index is 10.6. The topological polar surface area (TPSA) is 43.8 Å². The molecule has 0 bridgehead atoms. The molecular formula is C11H22N2O2. The second-order valence-electron chi connectivity index (χ2n) is 4.87. The zero-order valence-corrected chi connectivity index (χ0v) is 9.94. The first-order valence-corrected chi connectivity index (χ1v) is 5.67. The normalized spacial score (nSPS) is 24.7. The third kappa shape index (κ3) is 4.18. The van der Waals surface area contributed by atoms with Gasteiger partial charge in [-0.15, -0.1) is 0 Å². The first kappa shape index (κ1) is 12.5. The maximum Gasteiger partial charge on any atom is 0.317 e. The predicted molar refractivity (Wildman–Crippen MR) is 59.9 cm³/mol. The molecule has 0 unspecified atom stereocenters. The number of aliphatic carboxylic acids is 1. The smallest absolute Gasteiger partial charge is 0.317 e. The molecule has 1 heterocycles. The lowest BCUT2D eigenvalue weighted by Crippen LogP contribution is -2.53. The maximum atomic E-state index is 10.6. The number of rotatable bonds is 4. The van der Waals surface area contributed by atoms with Gasteiger partial charge in [0, 0.05) is 32.2 Å². The van der Waals surface area contributed by atoms with Crippen LogP contribution in [0.25, 0.3) is 0 Å². The van der Waals surface area contributed by atoms with Crippen molar-refractivity contribution >= 4 is 5.97 Å². The zero-order valence-electron chi connectivity index (χ0n) is 9.94. The highest BCUT2D eigenvalue weighted by atomic mass is 16.4. The standard InChI is InChI=1S/C11H22N2O2/c1-9(2)6-13-5-4-12(7-10(13)3)8-11(14)15/h9-10H,4-8H2,1-3H3,(H,14,15)/t10-/m1/s1. The van der Waals surface area contributed by atoms with Gasteiger partial charge in [-0.3, -0.25) is 14.6 Å². The highest BCUT2D eigenvalue weighted by Crippen LogP contribution is 2.11. The number of carbonyl (C=O) groups is 1. The van der Waals surface area contributed by atoms with E-state index in [-0.39, 0.29) is 6.54 Å².